The van der Waals surface area contributed by atoms with E-state index in [2.05, 4.69) is 23.2 Å². The summed E-state index contributed by atoms with van der Waals surface area (Å²) >= 11 is 0. The maximum Gasteiger partial charge on any atom is 0.222 e. The van der Waals surface area contributed by atoms with Crippen molar-refractivity contribution in [2.24, 2.45) is 0 Å². The first-order valence-electron chi connectivity index (χ1n) is 5.43. The smallest absolute Gasteiger partial charge is 0.222 e. The second-order valence-electron chi connectivity index (χ2n) is 4.19. The van der Waals surface area contributed by atoms with E-state index in [0.717, 1.165) is 11.9 Å². The fraction of sp³-hybridized carbons (Fsp3) is 0.308. The highest BCUT2D eigenvalue weighted by molar-refractivity contribution is 5.80. The molecule has 84 valence electrons. The van der Waals surface area contributed by atoms with E-state index < -0.39 is 0 Å². The first-order valence-corrected chi connectivity index (χ1v) is 5.43. The van der Waals surface area contributed by atoms with Crippen LogP contribution >= 0.6 is 0 Å². The van der Waals surface area contributed by atoms with Crippen LogP contribution in [0.1, 0.15) is 12.0 Å². The predicted molar refractivity (Wildman–Crippen MR) is 65.3 cm³/mol. The third-order valence-electron chi connectivity index (χ3n) is 2.75. The lowest BCUT2D eigenvalue weighted by Crippen LogP contribution is -2.21. The lowest BCUT2D eigenvalue weighted by Gasteiger charge is -2.09. The van der Waals surface area contributed by atoms with Gasteiger partial charge in [0.05, 0.1) is 0 Å². The molecule has 0 atom stereocenters. The van der Waals surface area contributed by atoms with E-state index in [4.69, 9.17) is 0 Å². The van der Waals surface area contributed by atoms with Crippen molar-refractivity contribution in [3.8, 4) is 0 Å². The third kappa shape index (κ3) is 2.24. The topological polar surface area (TPSA) is 36.1 Å². The van der Waals surface area contributed by atoms with Crippen LogP contribution in [0.5, 0.6) is 0 Å². The molecule has 1 aromatic heterocycles. The summed E-state index contributed by atoms with van der Waals surface area (Å²) in [6, 6.07) is 8.32. The molecule has 0 unspecified atom stereocenters. The molecule has 2 rings (SSSR count). The number of carbonyl (C=O) groups is 1. The summed E-state index contributed by atoms with van der Waals surface area (Å²) < 4.78 is 0. The lowest BCUT2D eigenvalue weighted by molar-refractivity contribution is -0.128. The fourth-order valence-electron chi connectivity index (χ4n) is 1.73. The largest absolute Gasteiger partial charge is 0.361 e. The molecule has 0 radical (unpaired) electrons. The van der Waals surface area contributed by atoms with Crippen LogP contribution in [0.25, 0.3) is 10.9 Å². The lowest BCUT2D eigenvalue weighted by atomic mass is 10.1. The van der Waals surface area contributed by atoms with Crippen LogP contribution in [-0.4, -0.2) is 29.9 Å². The second kappa shape index (κ2) is 4.39. The standard InChI is InChI=1S/C13H16N2O/c1-15(2)13(16)6-4-10-3-5-11-7-8-14-12(11)9-10/h3,5,7-9,14H,4,6H2,1-2H3. The summed E-state index contributed by atoms with van der Waals surface area (Å²) in [4.78, 5) is 16.3. The molecule has 0 saturated heterocycles. The molecule has 0 spiro atoms. The van der Waals surface area contributed by atoms with Gasteiger partial charge in [0, 0.05) is 32.2 Å². The molecule has 2 aromatic rings. The van der Waals surface area contributed by atoms with Crippen molar-refractivity contribution >= 4 is 16.8 Å². The van der Waals surface area contributed by atoms with Crippen LogP contribution in [0.2, 0.25) is 0 Å². The van der Waals surface area contributed by atoms with E-state index in [9.17, 15) is 4.79 Å². The van der Waals surface area contributed by atoms with Crippen LogP contribution in [-0.2, 0) is 11.2 Å². The first-order chi connectivity index (χ1) is 7.66. The number of rotatable bonds is 3. The third-order valence-corrected chi connectivity index (χ3v) is 2.75. The summed E-state index contributed by atoms with van der Waals surface area (Å²) in [5.74, 6) is 0.173. The molecule has 0 aliphatic carbocycles. The summed E-state index contributed by atoms with van der Waals surface area (Å²) in [6.45, 7) is 0. The number of fused-ring (bicyclic) bond motifs is 1. The minimum atomic E-state index is 0.173. The van der Waals surface area contributed by atoms with Crippen LogP contribution in [0.15, 0.2) is 30.5 Å². The molecule has 0 aliphatic rings. The van der Waals surface area contributed by atoms with E-state index in [-0.39, 0.29) is 5.91 Å². The molecule has 0 bridgehead atoms. The van der Waals surface area contributed by atoms with Crippen molar-refractivity contribution < 1.29 is 4.79 Å². The highest BCUT2D eigenvalue weighted by atomic mass is 16.2. The fourth-order valence-corrected chi connectivity index (χ4v) is 1.73. The minimum Gasteiger partial charge on any atom is -0.361 e. The quantitative estimate of drug-likeness (QED) is 0.838. The summed E-state index contributed by atoms with van der Waals surface area (Å²) in [5.41, 5.74) is 2.33. The number of amides is 1. The Hall–Kier alpha value is -1.77. The Balaban J connectivity index is 2.06. The number of benzene rings is 1. The monoisotopic (exact) mass is 216 g/mol. The van der Waals surface area contributed by atoms with E-state index in [1.165, 1.54) is 10.9 Å². The number of aromatic amines is 1. The van der Waals surface area contributed by atoms with Crippen LogP contribution in [0.4, 0.5) is 0 Å². The molecule has 0 aliphatic heterocycles. The molecule has 1 aromatic carbocycles. The Kier molecular flexibility index (Phi) is 2.95. The van der Waals surface area contributed by atoms with Gasteiger partial charge >= 0.3 is 0 Å². The number of aryl methyl sites for hydroxylation is 1. The zero-order valence-electron chi connectivity index (χ0n) is 9.66. The van der Waals surface area contributed by atoms with Crippen LogP contribution in [0, 0.1) is 0 Å². The normalized spacial score (nSPS) is 10.6. The van der Waals surface area contributed by atoms with Crippen LogP contribution < -0.4 is 0 Å². The molecular weight excluding hydrogens is 200 g/mol. The molecule has 3 nitrogen and oxygen atoms in total. The van der Waals surface area contributed by atoms with E-state index in [0.29, 0.717) is 6.42 Å². The van der Waals surface area contributed by atoms with Gasteiger partial charge in [-0.05, 0) is 29.5 Å². The van der Waals surface area contributed by atoms with Gasteiger partial charge in [0.25, 0.3) is 0 Å². The molecule has 0 saturated carbocycles. The van der Waals surface area contributed by atoms with Gasteiger partial charge < -0.3 is 9.88 Å². The van der Waals surface area contributed by atoms with Gasteiger partial charge in [-0.2, -0.15) is 0 Å². The van der Waals surface area contributed by atoms with E-state index in [1.807, 2.05) is 12.3 Å². The second-order valence-corrected chi connectivity index (χ2v) is 4.19. The Morgan fingerprint density at radius 1 is 1.31 bits per heavy atom. The number of H-pyrrole nitrogens is 1. The average Bonchev–Trinajstić information content (AvgIpc) is 2.72. The zero-order valence-corrected chi connectivity index (χ0v) is 9.66. The summed E-state index contributed by atoms with van der Waals surface area (Å²) in [5, 5.41) is 1.21. The van der Waals surface area contributed by atoms with E-state index in [1.54, 1.807) is 19.0 Å². The Morgan fingerprint density at radius 2 is 2.12 bits per heavy atom. The van der Waals surface area contributed by atoms with Crippen molar-refractivity contribution in [3.05, 3.63) is 36.0 Å². The van der Waals surface area contributed by atoms with Gasteiger partial charge in [0.15, 0.2) is 0 Å². The molecular formula is C13H16N2O. The summed E-state index contributed by atoms with van der Waals surface area (Å²) in [6.07, 6.45) is 3.30. The molecule has 16 heavy (non-hydrogen) atoms. The van der Waals surface area contributed by atoms with Gasteiger partial charge in [-0.1, -0.05) is 12.1 Å². The molecule has 1 heterocycles. The number of aromatic nitrogens is 1. The van der Waals surface area contributed by atoms with Gasteiger partial charge in [-0.25, -0.2) is 0 Å². The van der Waals surface area contributed by atoms with Crippen molar-refractivity contribution in [2.45, 2.75) is 12.8 Å². The zero-order chi connectivity index (χ0) is 11.5. The highest BCUT2D eigenvalue weighted by Gasteiger charge is 2.04. The molecule has 3 heteroatoms. The minimum absolute atomic E-state index is 0.173. The Labute approximate surface area is 95.1 Å². The Morgan fingerprint density at radius 3 is 2.88 bits per heavy atom. The SMILES string of the molecule is CN(C)C(=O)CCc1ccc2cc[nH]c2c1. The van der Waals surface area contributed by atoms with Gasteiger partial charge in [-0.15, -0.1) is 0 Å². The first kappa shape index (κ1) is 10.7. The van der Waals surface area contributed by atoms with E-state index >= 15 is 0 Å². The number of hydrogen-bond donors (Lipinski definition) is 1. The van der Waals surface area contributed by atoms with Gasteiger partial charge in [0.2, 0.25) is 5.91 Å². The summed E-state index contributed by atoms with van der Waals surface area (Å²) in [7, 11) is 3.58. The van der Waals surface area contributed by atoms with Crippen LogP contribution in [0.3, 0.4) is 0 Å². The van der Waals surface area contributed by atoms with Crippen molar-refractivity contribution in [1.82, 2.24) is 9.88 Å². The molecule has 1 amide bonds. The number of nitrogens with zero attached hydrogens (tertiary/aromatic N) is 1. The number of carbonyl (C=O) groups excluding carboxylic acids is 1. The predicted octanol–water partition coefficient (Wildman–Crippen LogP) is 2.19. The number of hydrogen-bond acceptors (Lipinski definition) is 1. The van der Waals surface area contributed by atoms with Crippen molar-refractivity contribution in [3.63, 3.8) is 0 Å². The van der Waals surface area contributed by atoms with Crippen molar-refractivity contribution in [2.75, 3.05) is 14.1 Å². The average molecular weight is 216 g/mol. The molecule has 0 fully saturated rings. The Bertz CT molecular complexity index is 499. The van der Waals surface area contributed by atoms with Crippen molar-refractivity contribution in [1.29, 1.82) is 0 Å². The van der Waals surface area contributed by atoms with Gasteiger partial charge in [-0.3, -0.25) is 4.79 Å². The maximum atomic E-state index is 11.4. The van der Waals surface area contributed by atoms with Gasteiger partial charge in [0.1, 0.15) is 0 Å². The number of nitrogens with one attached hydrogen (secondary N) is 1. The maximum absolute atomic E-state index is 11.4. The highest BCUT2D eigenvalue weighted by Crippen LogP contribution is 2.15. The molecule has 1 N–H and O–H groups in total.